The maximum absolute atomic E-state index is 11.3. The number of nitro groups is 1. The highest BCUT2D eigenvalue weighted by molar-refractivity contribution is 5.66. The predicted molar refractivity (Wildman–Crippen MR) is 92.5 cm³/mol. The molecule has 2 heterocycles. The van der Waals surface area contributed by atoms with Gasteiger partial charge in [-0.1, -0.05) is 0 Å². The van der Waals surface area contributed by atoms with Crippen LogP contribution in [0.4, 0.5) is 17.1 Å². The number of hydrogen-bond donors (Lipinski definition) is 0. The summed E-state index contributed by atoms with van der Waals surface area (Å²) in [7, 11) is 4.22. The van der Waals surface area contributed by atoms with Gasteiger partial charge < -0.3 is 19.6 Å². The van der Waals surface area contributed by atoms with Crippen LogP contribution in [0, 0.1) is 10.1 Å². The summed E-state index contributed by atoms with van der Waals surface area (Å²) in [6, 6.07) is 5.54. The van der Waals surface area contributed by atoms with Gasteiger partial charge in [0.05, 0.1) is 4.92 Å². The molecule has 126 valence electrons. The third-order valence-corrected chi connectivity index (χ3v) is 4.83. The van der Waals surface area contributed by atoms with Crippen molar-refractivity contribution in [3.05, 3.63) is 28.3 Å². The molecule has 0 atom stereocenters. The number of benzene rings is 1. The molecule has 2 aliphatic heterocycles. The first-order chi connectivity index (χ1) is 11.0. The van der Waals surface area contributed by atoms with E-state index >= 15 is 0 Å². The Morgan fingerprint density at radius 1 is 0.783 bits per heavy atom. The van der Waals surface area contributed by atoms with Crippen LogP contribution >= 0.6 is 0 Å². The number of anilines is 2. The molecule has 2 fully saturated rings. The van der Waals surface area contributed by atoms with Crippen LogP contribution in [0.25, 0.3) is 0 Å². The van der Waals surface area contributed by atoms with Gasteiger partial charge in [0, 0.05) is 75.9 Å². The average Bonchev–Trinajstić information content (AvgIpc) is 2.55. The molecule has 0 bridgehead atoms. The highest BCUT2D eigenvalue weighted by Crippen LogP contribution is 2.30. The zero-order valence-electron chi connectivity index (χ0n) is 13.9. The molecule has 0 spiro atoms. The summed E-state index contributed by atoms with van der Waals surface area (Å²) in [4.78, 5) is 20.1. The Kier molecular flexibility index (Phi) is 4.68. The zero-order valence-corrected chi connectivity index (χ0v) is 13.9. The second-order valence-corrected chi connectivity index (χ2v) is 6.55. The lowest BCUT2D eigenvalue weighted by atomic mass is 10.1. The fourth-order valence-electron chi connectivity index (χ4n) is 3.18. The van der Waals surface area contributed by atoms with Gasteiger partial charge in [-0.05, 0) is 20.2 Å². The molecule has 0 N–H and O–H groups in total. The van der Waals surface area contributed by atoms with E-state index in [0.717, 1.165) is 63.7 Å². The van der Waals surface area contributed by atoms with Crippen molar-refractivity contribution < 1.29 is 4.92 Å². The van der Waals surface area contributed by atoms with Gasteiger partial charge in [0.2, 0.25) is 0 Å². The van der Waals surface area contributed by atoms with Crippen LogP contribution in [0.15, 0.2) is 18.2 Å². The minimum absolute atomic E-state index is 0.190. The minimum Gasteiger partial charge on any atom is -0.369 e. The molecule has 0 aliphatic carbocycles. The van der Waals surface area contributed by atoms with Crippen LogP contribution < -0.4 is 9.80 Å². The van der Waals surface area contributed by atoms with Crippen LogP contribution in [-0.2, 0) is 0 Å². The van der Waals surface area contributed by atoms with Crippen molar-refractivity contribution in [2.24, 2.45) is 0 Å². The predicted octanol–water partition coefficient (Wildman–Crippen LogP) is 1.10. The van der Waals surface area contributed by atoms with Crippen molar-refractivity contribution in [3.8, 4) is 0 Å². The Labute approximate surface area is 137 Å². The van der Waals surface area contributed by atoms with E-state index < -0.39 is 0 Å². The molecule has 2 saturated heterocycles. The third kappa shape index (κ3) is 3.73. The summed E-state index contributed by atoms with van der Waals surface area (Å²) in [5.41, 5.74) is 2.14. The summed E-state index contributed by atoms with van der Waals surface area (Å²) < 4.78 is 0. The molecule has 0 unspecified atom stereocenters. The number of hydrogen-bond acceptors (Lipinski definition) is 6. The van der Waals surface area contributed by atoms with E-state index in [0.29, 0.717) is 0 Å². The van der Waals surface area contributed by atoms with Gasteiger partial charge in [0.15, 0.2) is 0 Å². The first-order valence-electron chi connectivity index (χ1n) is 8.19. The molecule has 3 rings (SSSR count). The first-order valence-corrected chi connectivity index (χ1v) is 8.19. The van der Waals surface area contributed by atoms with E-state index in [1.165, 1.54) is 0 Å². The van der Waals surface area contributed by atoms with Gasteiger partial charge >= 0.3 is 0 Å². The highest BCUT2D eigenvalue weighted by atomic mass is 16.6. The Hall–Kier alpha value is -1.86. The third-order valence-electron chi connectivity index (χ3n) is 4.83. The summed E-state index contributed by atoms with van der Waals surface area (Å²) in [5.74, 6) is 0. The minimum atomic E-state index is -0.279. The summed E-state index contributed by atoms with van der Waals surface area (Å²) in [6.07, 6.45) is 0. The van der Waals surface area contributed by atoms with Gasteiger partial charge in [-0.15, -0.1) is 0 Å². The quantitative estimate of drug-likeness (QED) is 0.614. The van der Waals surface area contributed by atoms with Crippen molar-refractivity contribution >= 4 is 17.1 Å². The van der Waals surface area contributed by atoms with E-state index in [1.54, 1.807) is 12.1 Å². The number of piperazine rings is 2. The van der Waals surface area contributed by atoms with Crippen LogP contribution in [0.3, 0.4) is 0 Å². The van der Waals surface area contributed by atoms with E-state index in [2.05, 4.69) is 39.8 Å². The monoisotopic (exact) mass is 319 g/mol. The maximum atomic E-state index is 11.3. The van der Waals surface area contributed by atoms with Gasteiger partial charge in [-0.3, -0.25) is 10.1 Å². The Morgan fingerprint density at radius 3 is 1.52 bits per heavy atom. The molecular formula is C16H25N5O2. The SMILES string of the molecule is CN1CCN(c2cc(N3CCN(C)CC3)cc([N+](=O)[O-])c2)CC1. The largest absolute Gasteiger partial charge is 0.369 e. The van der Waals surface area contributed by atoms with Crippen molar-refractivity contribution in [1.29, 1.82) is 0 Å². The lowest BCUT2D eigenvalue weighted by molar-refractivity contribution is -0.384. The van der Waals surface area contributed by atoms with Crippen molar-refractivity contribution in [1.82, 2.24) is 9.80 Å². The number of non-ortho nitro benzene ring substituents is 1. The second kappa shape index (κ2) is 6.72. The number of likely N-dealkylation sites (N-methyl/N-ethyl adjacent to an activating group) is 2. The van der Waals surface area contributed by atoms with Gasteiger partial charge in [-0.25, -0.2) is 0 Å². The number of nitro benzene ring substituents is 1. The first kappa shape index (κ1) is 16.0. The van der Waals surface area contributed by atoms with Crippen molar-refractivity contribution in [3.63, 3.8) is 0 Å². The molecule has 0 amide bonds. The normalized spacial score (nSPS) is 20.8. The van der Waals surface area contributed by atoms with Crippen LogP contribution in [0.2, 0.25) is 0 Å². The summed E-state index contributed by atoms with van der Waals surface area (Å²) >= 11 is 0. The fraction of sp³-hybridized carbons (Fsp3) is 0.625. The topological polar surface area (TPSA) is 56.1 Å². The number of nitrogens with zero attached hydrogens (tertiary/aromatic N) is 5. The summed E-state index contributed by atoms with van der Waals surface area (Å²) in [5, 5.41) is 11.3. The molecule has 0 saturated carbocycles. The molecule has 0 aromatic heterocycles. The molecule has 23 heavy (non-hydrogen) atoms. The van der Waals surface area contributed by atoms with Crippen molar-refractivity contribution in [2.75, 3.05) is 76.3 Å². The molecule has 0 radical (unpaired) electrons. The molecule has 7 nitrogen and oxygen atoms in total. The molecule has 2 aliphatic rings. The van der Waals surface area contributed by atoms with E-state index in [4.69, 9.17) is 0 Å². The lowest BCUT2D eigenvalue weighted by Crippen LogP contribution is -2.45. The average molecular weight is 319 g/mol. The Balaban J connectivity index is 1.85. The van der Waals surface area contributed by atoms with E-state index in [1.807, 2.05) is 0 Å². The number of rotatable bonds is 3. The van der Waals surface area contributed by atoms with Gasteiger partial charge in [0.25, 0.3) is 5.69 Å². The Morgan fingerprint density at radius 2 is 1.17 bits per heavy atom. The van der Waals surface area contributed by atoms with E-state index in [-0.39, 0.29) is 10.6 Å². The van der Waals surface area contributed by atoms with Crippen molar-refractivity contribution in [2.45, 2.75) is 0 Å². The zero-order chi connectivity index (χ0) is 16.4. The van der Waals surface area contributed by atoms with E-state index in [9.17, 15) is 10.1 Å². The van der Waals surface area contributed by atoms with Crippen LogP contribution in [0.5, 0.6) is 0 Å². The Bertz CT molecular complexity index is 523. The van der Waals surface area contributed by atoms with Gasteiger partial charge in [0.1, 0.15) is 0 Å². The highest BCUT2D eigenvalue weighted by Gasteiger charge is 2.21. The molecular weight excluding hydrogens is 294 g/mol. The van der Waals surface area contributed by atoms with Crippen LogP contribution in [-0.4, -0.2) is 81.2 Å². The maximum Gasteiger partial charge on any atom is 0.273 e. The fourth-order valence-corrected chi connectivity index (χ4v) is 3.18. The smallest absolute Gasteiger partial charge is 0.273 e. The lowest BCUT2D eigenvalue weighted by Gasteiger charge is -2.36. The standard InChI is InChI=1S/C16H25N5O2/c1-17-3-7-19(8-4-17)14-11-15(13-16(12-14)21(22)23)20-9-5-18(2)6-10-20/h11-13H,3-10H2,1-2H3. The second-order valence-electron chi connectivity index (χ2n) is 6.55. The van der Waals surface area contributed by atoms with Gasteiger partial charge in [-0.2, -0.15) is 0 Å². The molecule has 1 aromatic rings. The van der Waals surface area contributed by atoms with Crippen LogP contribution in [0.1, 0.15) is 0 Å². The summed E-state index contributed by atoms with van der Waals surface area (Å²) in [6.45, 7) is 7.64. The molecule has 7 heteroatoms. The molecule has 1 aromatic carbocycles.